The van der Waals surface area contributed by atoms with Crippen molar-refractivity contribution in [3.05, 3.63) is 65.5 Å². The summed E-state index contributed by atoms with van der Waals surface area (Å²) in [5.74, 6) is -0.822. The second kappa shape index (κ2) is 8.72. The van der Waals surface area contributed by atoms with Crippen molar-refractivity contribution in [1.82, 2.24) is 23.9 Å². The molecule has 0 saturated carbocycles. The molecule has 0 spiro atoms. The number of halogens is 1. The highest BCUT2D eigenvalue weighted by Gasteiger charge is 2.52. The van der Waals surface area contributed by atoms with E-state index >= 15 is 0 Å². The average Bonchev–Trinajstić information content (AvgIpc) is 3.49. The highest BCUT2D eigenvalue weighted by molar-refractivity contribution is 7.89. The van der Waals surface area contributed by atoms with Gasteiger partial charge in [-0.2, -0.15) is 14.5 Å². The molecule has 2 aliphatic rings. The summed E-state index contributed by atoms with van der Waals surface area (Å²) in [5, 5.41) is 8.62. The van der Waals surface area contributed by atoms with E-state index in [1.54, 1.807) is 27.7 Å². The van der Waals surface area contributed by atoms with Crippen LogP contribution in [0, 0.1) is 11.2 Å². The smallest absolute Gasteiger partial charge is 0.317 e. The Morgan fingerprint density at radius 1 is 1.20 bits per heavy atom. The van der Waals surface area contributed by atoms with Crippen LogP contribution >= 0.6 is 0 Å². The third-order valence-corrected chi connectivity index (χ3v) is 8.53. The molecule has 1 aromatic carbocycles. The van der Waals surface area contributed by atoms with Crippen molar-refractivity contribution in [3.8, 4) is 5.69 Å². The summed E-state index contributed by atoms with van der Waals surface area (Å²) < 4.78 is 50.2. The van der Waals surface area contributed by atoms with Crippen LogP contribution < -0.4 is 0 Å². The van der Waals surface area contributed by atoms with Gasteiger partial charge in [-0.15, -0.1) is 0 Å². The second-order valence-corrected chi connectivity index (χ2v) is 10.8. The standard InChI is InChI=1S/C24H26FN5O4S/c1-3-9-28-15-21(14-26-28)35(32,33)29-10-8-18-11-22-17(12-24(18,16-29)23(31)34-2)13-27-30(22)20-6-4-19(25)5-7-20/h4-7,11,13-15H,3,8-10,12,16H2,1-2H3. The van der Waals surface area contributed by atoms with Crippen molar-refractivity contribution < 1.29 is 22.3 Å². The minimum absolute atomic E-state index is 0.0338. The fraction of sp³-hybridized carbons (Fsp3) is 0.375. The number of piperidine rings is 1. The van der Waals surface area contributed by atoms with Gasteiger partial charge in [0.15, 0.2) is 0 Å². The van der Waals surface area contributed by atoms with E-state index < -0.39 is 21.4 Å². The second-order valence-electron chi connectivity index (χ2n) is 8.89. The van der Waals surface area contributed by atoms with Crippen molar-refractivity contribution >= 4 is 22.1 Å². The van der Waals surface area contributed by atoms with E-state index in [2.05, 4.69) is 10.2 Å². The Labute approximate surface area is 202 Å². The average molecular weight is 500 g/mol. The number of sulfonamides is 1. The lowest BCUT2D eigenvalue weighted by atomic mass is 9.69. The fourth-order valence-corrected chi connectivity index (χ4v) is 6.41. The van der Waals surface area contributed by atoms with Gasteiger partial charge in [0.2, 0.25) is 10.0 Å². The number of fused-ring (bicyclic) bond motifs is 2. The van der Waals surface area contributed by atoms with Crippen LogP contribution in [0.25, 0.3) is 11.8 Å². The van der Waals surface area contributed by atoms with Gasteiger partial charge in [-0.25, -0.2) is 17.5 Å². The van der Waals surface area contributed by atoms with Crippen LogP contribution in [0.5, 0.6) is 0 Å². The first-order chi connectivity index (χ1) is 16.8. The minimum atomic E-state index is -3.85. The Hall–Kier alpha value is -3.31. The molecule has 1 atom stereocenters. The number of methoxy groups -OCH3 is 1. The number of hydrogen-bond acceptors (Lipinski definition) is 6. The molecule has 1 saturated heterocycles. The van der Waals surface area contributed by atoms with Gasteiger partial charge in [0.1, 0.15) is 16.1 Å². The molecule has 0 bridgehead atoms. The normalized spacial score (nSPS) is 20.1. The molecular weight excluding hydrogens is 473 g/mol. The maximum absolute atomic E-state index is 13.4. The van der Waals surface area contributed by atoms with E-state index in [9.17, 15) is 17.6 Å². The van der Waals surface area contributed by atoms with Gasteiger partial charge < -0.3 is 4.74 Å². The van der Waals surface area contributed by atoms with Gasteiger partial charge in [-0.1, -0.05) is 6.92 Å². The number of nitrogens with zero attached hydrogens (tertiary/aromatic N) is 5. The molecule has 5 rings (SSSR count). The number of esters is 1. The number of carbonyl (C=O) groups excluding carboxylic acids is 1. The Balaban J connectivity index is 1.51. The topological polar surface area (TPSA) is 99.3 Å². The molecule has 1 unspecified atom stereocenters. The lowest BCUT2D eigenvalue weighted by Crippen LogP contribution is -2.53. The summed E-state index contributed by atoms with van der Waals surface area (Å²) in [6.45, 7) is 2.80. The number of rotatable bonds is 6. The first-order valence-electron chi connectivity index (χ1n) is 11.4. The van der Waals surface area contributed by atoms with E-state index in [-0.39, 0.29) is 30.2 Å². The van der Waals surface area contributed by atoms with Gasteiger partial charge in [-0.05, 0) is 60.7 Å². The van der Waals surface area contributed by atoms with Crippen molar-refractivity contribution in [1.29, 1.82) is 0 Å². The molecule has 0 N–H and O–H groups in total. The number of benzene rings is 1. The Morgan fingerprint density at radius 3 is 2.69 bits per heavy atom. The highest BCUT2D eigenvalue weighted by atomic mass is 32.2. The quantitative estimate of drug-likeness (QED) is 0.484. The molecule has 0 amide bonds. The van der Waals surface area contributed by atoms with Crippen molar-refractivity contribution in [3.63, 3.8) is 0 Å². The molecular formula is C24H26FN5O4S. The number of aromatic nitrogens is 4. The first-order valence-corrected chi connectivity index (χ1v) is 12.9. The highest BCUT2D eigenvalue weighted by Crippen LogP contribution is 2.46. The van der Waals surface area contributed by atoms with E-state index in [0.717, 1.165) is 23.3 Å². The summed E-state index contributed by atoms with van der Waals surface area (Å²) in [5.41, 5.74) is 1.93. The van der Waals surface area contributed by atoms with Crippen molar-refractivity contribution in [2.45, 2.75) is 37.6 Å². The SMILES string of the molecule is CCCn1cc(S(=O)(=O)N2CCC3=Cc4c(cnn4-c4ccc(F)cc4)CC3(C(=O)OC)C2)cn1. The summed E-state index contributed by atoms with van der Waals surface area (Å²) in [7, 11) is -2.54. The van der Waals surface area contributed by atoms with Crippen molar-refractivity contribution in [2.24, 2.45) is 5.41 Å². The Kier molecular flexibility index (Phi) is 5.84. The van der Waals surface area contributed by atoms with Gasteiger partial charge in [0.05, 0.1) is 30.9 Å². The Morgan fingerprint density at radius 2 is 1.97 bits per heavy atom. The minimum Gasteiger partial charge on any atom is -0.468 e. The monoisotopic (exact) mass is 499 g/mol. The predicted octanol–water partition coefficient (Wildman–Crippen LogP) is 2.81. The lowest BCUT2D eigenvalue weighted by molar-refractivity contribution is -0.151. The fourth-order valence-electron chi connectivity index (χ4n) is 4.95. The molecule has 11 heteroatoms. The third kappa shape index (κ3) is 3.88. The van der Waals surface area contributed by atoms with Crippen LogP contribution in [0.15, 0.2) is 53.3 Å². The number of hydrogen-bond donors (Lipinski definition) is 0. The summed E-state index contributed by atoms with van der Waals surface area (Å²) in [6.07, 6.45) is 7.90. The maximum Gasteiger partial charge on any atom is 0.317 e. The predicted molar refractivity (Wildman–Crippen MR) is 126 cm³/mol. The maximum atomic E-state index is 13.4. The van der Waals surface area contributed by atoms with Crippen LogP contribution in [0.4, 0.5) is 4.39 Å². The number of ether oxygens (including phenoxy) is 1. The molecule has 35 heavy (non-hydrogen) atoms. The number of aryl methyl sites for hydroxylation is 1. The molecule has 3 aromatic rings. The zero-order valence-corrected chi connectivity index (χ0v) is 20.3. The molecule has 1 aliphatic carbocycles. The Bertz CT molecular complexity index is 1410. The van der Waals surface area contributed by atoms with E-state index in [0.29, 0.717) is 18.7 Å². The van der Waals surface area contributed by atoms with Gasteiger partial charge >= 0.3 is 5.97 Å². The lowest BCUT2D eigenvalue weighted by Gasteiger charge is -2.43. The van der Waals surface area contributed by atoms with Crippen LogP contribution in [-0.4, -0.2) is 58.5 Å². The molecule has 0 radical (unpaired) electrons. The van der Waals surface area contributed by atoms with Gasteiger partial charge in [-0.3, -0.25) is 9.48 Å². The molecule has 2 aromatic heterocycles. The van der Waals surface area contributed by atoms with E-state index in [1.165, 1.54) is 35.9 Å². The van der Waals surface area contributed by atoms with Crippen LogP contribution in [0.1, 0.15) is 31.0 Å². The van der Waals surface area contributed by atoms with Crippen LogP contribution in [0.2, 0.25) is 0 Å². The molecule has 1 fully saturated rings. The van der Waals surface area contributed by atoms with Crippen molar-refractivity contribution in [2.75, 3.05) is 20.2 Å². The first kappa shape index (κ1) is 23.4. The third-order valence-electron chi connectivity index (χ3n) is 6.73. The zero-order valence-electron chi connectivity index (χ0n) is 19.5. The molecule has 3 heterocycles. The number of carbonyl (C=O) groups is 1. The zero-order chi connectivity index (χ0) is 24.8. The molecule has 9 nitrogen and oxygen atoms in total. The summed E-state index contributed by atoms with van der Waals surface area (Å²) in [6, 6.07) is 6.00. The summed E-state index contributed by atoms with van der Waals surface area (Å²) >= 11 is 0. The largest absolute Gasteiger partial charge is 0.468 e. The van der Waals surface area contributed by atoms with Crippen LogP contribution in [-0.2, 0) is 32.5 Å². The molecule has 1 aliphatic heterocycles. The summed E-state index contributed by atoms with van der Waals surface area (Å²) in [4.78, 5) is 13.3. The molecule has 184 valence electrons. The van der Waals surface area contributed by atoms with E-state index in [4.69, 9.17) is 4.74 Å². The van der Waals surface area contributed by atoms with E-state index in [1.807, 2.05) is 13.0 Å². The van der Waals surface area contributed by atoms with Gasteiger partial charge in [0.25, 0.3) is 0 Å². The van der Waals surface area contributed by atoms with Crippen LogP contribution in [0.3, 0.4) is 0 Å². The van der Waals surface area contributed by atoms with Gasteiger partial charge in [0, 0.05) is 25.8 Å².